The van der Waals surface area contributed by atoms with Crippen LogP contribution in [0.4, 0.5) is 5.82 Å². The number of anilines is 1. The maximum atomic E-state index is 5.52. The van der Waals surface area contributed by atoms with Gasteiger partial charge in [0, 0.05) is 10.9 Å². The summed E-state index contributed by atoms with van der Waals surface area (Å²) >= 11 is 0. The number of aromatic nitrogens is 1. The lowest BCUT2D eigenvalue weighted by Crippen LogP contribution is -1.80. The molecule has 0 saturated heterocycles. The van der Waals surface area contributed by atoms with Gasteiger partial charge in [-0.25, -0.2) is 0 Å². The van der Waals surface area contributed by atoms with Gasteiger partial charge in [-0.3, -0.25) is 0 Å². The van der Waals surface area contributed by atoms with Crippen molar-refractivity contribution >= 4 is 16.7 Å². The summed E-state index contributed by atoms with van der Waals surface area (Å²) in [5.41, 5.74) is 6.59. The molecule has 0 amide bonds. The molecule has 1 heterocycles. The average molecular weight is 131 g/mol. The number of hydrogen-bond donors (Lipinski definition) is 2. The van der Waals surface area contributed by atoms with E-state index in [9.17, 15) is 0 Å². The maximum absolute atomic E-state index is 5.52. The first kappa shape index (κ1) is 5.35. The summed E-state index contributed by atoms with van der Waals surface area (Å²) in [5.74, 6) is 0.703. The average Bonchev–Trinajstić information content (AvgIpc) is 2.27. The van der Waals surface area contributed by atoms with E-state index in [2.05, 4.69) is 11.1 Å². The van der Waals surface area contributed by atoms with E-state index in [0.717, 1.165) is 10.9 Å². The molecule has 0 atom stereocenters. The van der Waals surface area contributed by atoms with E-state index >= 15 is 0 Å². The Balaban J connectivity index is 2.88. The molecule has 2 nitrogen and oxygen atoms in total. The van der Waals surface area contributed by atoms with Crippen LogP contribution in [0.1, 0.15) is 0 Å². The molecular formula is C8H7N2. The van der Waals surface area contributed by atoms with Crippen LogP contribution in [0.25, 0.3) is 10.9 Å². The highest BCUT2D eigenvalue weighted by molar-refractivity contribution is 5.82. The third kappa shape index (κ3) is 0.658. The molecule has 0 fully saturated rings. The zero-order valence-corrected chi connectivity index (χ0v) is 5.39. The second-order valence-electron chi connectivity index (χ2n) is 2.24. The van der Waals surface area contributed by atoms with Crippen LogP contribution in [0.3, 0.4) is 0 Å². The van der Waals surface area contributed by atoms with Gasteiger partial charge in [0.15, 0.2) is 0 Å². The van der Waals surface area contributed by atoms with Crippen LogP contribution in [-0.2, 0) is 0 Å². The topological polar surface area (TPSA) is 41.8 Å². The van der Waals surface area contributed by atoms with Crippen LogP contribution in [0.15, 0.2) is 24.3 Å². The Morgan fingerprint density at radius 2 is 2.40 bits per heavy atom. The van der Waals surface area contributed by atoms with Gasteiger partial charge in [0.25, 0.3) is 0 Å². The van der Waals surface area contributed by atoms with Gasteiger partial charge in [0.05, 0.1) is 0 Å². The molecule has 49 valence electrons. The van der Waals surface area contributed by atoms with Crippen molar-refractivity contribution in [3.05, 3.63) is 30.3 Å². The van der Waals surface area contributed by atoms with Gasteiger partial charge in [-0.05, 0) is 24.3 Å². The third-order valence-electron chi connectivity index (χ3n) is 1.49. The van der Waals surface area contributed by atoms with E-state index < -0.39 is 0 Å². The molecule has 0 unspecified atom stereocenters. The summed E-state index contributed by atoms with van der Waals surface area (Å²) in [6.45, 7) is 0. The number of nitrogen functional groups attached to an aromatic ring is 1. The number of hydrogen-bond acceptors (Lipinski definition) is 1. The highest BCUT2D eigenvalue weighted by Crippen LogP contribution is 2.14. The number of H-pyrrole nitrogens is 1. The monoisotopic (exact) mass is 131 g/mol. The second-order valence-corrected chi connectivity index (χ2v) is 2.24. The van der Waals surface area contributed by atoms with E-state index in [1.165, 1.54) is 0 Å². The fourth-order valence-corrected chi connectivity index (χ4v) is 1.04. The molecule has 2 aromatic rings. The lowest BCUT2D eigenvalue weighted by Gasteiger charge is -1.82. The largest absolute Gasteiger partial charge is 0.385 e. The number of aromatic amines is 1. The molecule has 10 heavy (non-hydrogen) atoms. The lowest BCUT2D eigenvalue weighted by molar-refractivity contribution is 1.47. The van der Waals surface area contributed by atoms with Gasteiger partial charge >= 0.3 is 0 Å². The van der Waals surface area contributed by atoms with Crippen molar-refractivity contribution in [2.24, 2.45) is 0 Å². The van der Waals surface area contributed by atoms with Crippen molar-refractivity contribution in [1.82, 2.24) is 4.98 Å². The van der Waals surface area contributed by atoms with Gasteiger partial charge in [0.1, 0.15) is 5.82 Å². The predicted molar refractivity (Wildman–Crippen MR) is 41.5 cm³/mol. The summed E-state index contributed by atoms with van der Waals surface area (Å²) in [7, 11) is 0. The molecular weight excluding hydrogens is 124 g/mol. The van der Waals surface area contributed by atoms with Crippen molar-refractivity contribution < 1.29 is 0 Å². The molecule has 0 aliphatic rings. The van der Waals surface area contributed by atoms with E-state index in [1.54, 1.807) is 0 Å². The maximum Gasteiger partial charge on any atom is 0.101 e. The zero-order valence-electron chi connectivity index (χ0n) is 5.39. The Kier molecular flexibility index (Phi) is 0.947. The van der Waals surface area contributed by atoms with Crippen molar-refractivity contribution in [2.45, 2.75) is 0 Å². The first-order valence-electron chi connectivity index (χ1n) is 3.10. The summed E-state index contributed by atoms with van der Waals surface area (Å²) in [6, 6.07) is 10.6. The Labute approximate surface area is 58.7 Å². The van der Waals surface area contributed by atoms with Crippen molar-refractivity contribution in [2.75, 3.05) is 5.73 Å². The molecule has 1 radical (unpaired) electrons. The SMILES string of the molecule is Nc1cc2c[c]ccc2[nH]1. The van der Waals surface area contributed by atoms with Crippen molar-refractivity contribution in [3.63, 3.8) is 0 Å². The number of nitrogens with one attached hydrogen (secondary N) is 1. The number of nitrogens with two attached hydrogens (primary N) is 1. The summed E-state index contributed by atoms with van der Waals surface area (Å²) in [4.78, 5) is 3.02. The van der Waals surface area contributed by atoms with Gasteiger partial charge in [0.2, 0.25) is 0 Å². The van der Waals surface area contributed by atoms with Gasteiger partial charge < -0.3 is 10.7 Å². The molecule has 0 spiro atoms. The molecule has 0 saturated carbocycles. The molecule has 0 aliphatic carbocycles. The first-order chi connectivity index (χ1) is 4.86. The van der Waals surface area contributed by atoms with Crippen molar-refractivity contribution in [1.29, 1.82) is 0 Å². The fourth-order valence-electron chi connectivity index (χ4n) is 1.04. The number of rotatable bonds is 0. The summed E-state index contributed by atoms with van der Waals surface area (Å²) < 4.78 is 0. The van der Waals surface area contributed by atoms with Crippen LogP contribution < -0.4 is 5.73 Å². The van der Waals surface area contributed by atoms with Crippen molar-refractivity contribution in [3.8, 4) is 0 Å². The van der Waals surface area contributed by atoms with E-state index in [-0.39, 0.29) is 0 Å². The van der Waals surface area contributed by atoms with Crippen LogP contribution in [0, 0.1) is 6.07 Å². The predicted octanol–water partition coefficient (Wildman–Crippen LogP) is 1.55. The van der Waals surface area contributed by atoms with Crippen LogP contribution in [-0.4, -0.2) is 4.98 Å². The quantitative estimate of drug-likeness (QED) is 0.559. The Hall–Kier alpha value is -1.44. The van der Waals surface area contributed by atoms with Gasteiger partial charge in [-0.2, -0.15) is 0 Å². The Bertz CT molecular complexity index is 316. The van der Waals surface area contributed by atoms with Crippen LogP contribution >= 0.6 is 0 Å². The summed E-state index contributed by atoms with van der Waals surface area (Å²) in [5, 5.41) is 1.11. The third-order valence-corrected chi connectivity index (χ3v) is 1.49. The van der Waals surface area contributed by atoms with Crippen LogP contribution in [0.5, 0.6) is 0 Å². The highest BCUT2D eigenvalue weighted by Gasteiger charge is 1.93. The minimum atomic E-state index is 0.703. The normalized spacial score (nSPS) is 10.4. The molecule has 2 heteroatoms. The molecule has 0 bridgehead atoms. The molecule has 0 aliphatic heterocycles. The van der Waals surface area contributed by atoms with Gasteiger partial charge in [-0.15, -0.1) is 0 Å². The Morgan fingerprint density at radius 1 is 1.50 bits per heavy atom. The zero-order chi connectivity index (χ0) is 6.97. The highest BCUT2D eigenvalue weighted by atomic mass is 14.8. The molecule has 3 N–H and O–H groups in total. The number of fused-ring (bicyclic) bond motifs is 1. The second kappa shape index (κ2) is 1.77. The van der Waals surface area contributed by atoms with E-state index in [1.807, 2.05) is 24.3 Å². The first-order valence-corrected chi connectivity index (χ1v) is 3.10. The van der Waals surface area contributed by atoms with E-state index in [4.69, 9.17) is 5.73 Å². The van der Waals surface area contributed by atoms with E-state index in [0.29, 0.717) is 5.82 Å². The minimum absolute atomic E-state index is 0.703. The molecule has 1 aromatic carbocycles. The Morgan fingerprint density at radius 3 is 3.20 bits per heavy atom. The smallest absolute Gasteiger partial charge is 0.101 e. The summed E-state index contributed by atoms with van der Waals surface area (Å²) in [6.07, 6.45) is 0. The molecule has 2 rings (SSSR count). The number of benzene rings is 1. The fraction of sp³-hybridized carbons (Fsp3) is 0. The lowest BCUT2D eigenvalue weighted by atomic mass is 10.3. The van der Waals surface area contributed by atoms with Crippen LogP contribution in [0.2, 0.25) is 0 Å². The molecule has 1 aromatic heterocycles. The van der Waals surface area contributed by atoms with Gasteiger partial charge in [-0.1, -0.05) is 6.07 Å². The minimum Gasteiger partial charge on any atom is -0.385 e. The standard InChI is InChI=1S/C8H7N2/c9-8-5-6-3-1-2-4-7(6)10-8/h2-5,10H,9H2.